The van der Waals surface area contributed by atoms with E-state index in [2.05, 4.69) is 20.6 Å². The van der Waals surface area contributed by atoms with Crippen LogP contribution in [0.15, 0.2) is 36.5 Å². The average molecular weight is 423 g/mol. The number of nitrogens with one attached hydrogen (secondary N) is 1. The lowest BCUT2D eigenvalue weighted by Gasteiger charge is -2.31. The Bertz CT molecular complexity index is 949. The molecule has 0 bridgehead atoms. The Morgan fingerprint density at radius 2 is 1.89 bits per heavy atom. The second-order valence-corrected chi connectivity index (χ2v) is 6.68. The van der Waals surface area contributed by atoms with E-state index in [0.717, 1.165) is 48.2 Å². The summed E-state index contributed by atoms with van der Waals surface area (Å²) >= 11 is 0. The number of para-hydroxylation sites is 1. The predicted molar refractivity (Wildman–Crippen MR) is 114 cm³/mol. The summed E-state index contributed by atoms with van der Waals surface area (Å²) in [5.41, 5.74) is 2.80. The van der Waals surface area contributed by atoms with Crippen LogP contribution in [-0.2, 0) is 0 Å². The molecule has 0 saturated carbocycles. The van der Waals surface area contributed by atoms with Gasteiger partial charge in [0.15, 0.2) is 5.69 Å². The Morgan fingerprint density at radius 3 is 2.64 bits per heavy atom. The first kappa shape index (κ1) is 22.1. The minimum Gasteiger partial charge on any atom is -0.337 e. The summed E-state index contributed by atoms with van der Waals surface area (Å²) in [6.07, 6.45) is 3.68. The van der Waals surface area contributed by atoms with Gasteiger partial charge in [-0.15, -0.1) is 29.9 Å². The molecule has 0 radical (unpaired) electrons. The highest BCUT2D eigenvalue weighted by Gasteiger charge is 2.27. The van der Waals surface area contributed by atoms with Crippen LogP contribution in [0.2, 0.25) is 0 Å². The number of aromatic nitrogens is 4. The molecule has 3 aromatic rings. The third kappa shape index (κ3) is 3.97. The van der Waals surface area contributed by atoms with Gasteiger partial charge < -0.3 is 10.2 Å². The zero-order valence-corrected chi connectivity index (χ0v) is 17.5. The lowest BCUT2D eigenvalue weighted by molar-refractivity contribution is 0.0696. The number of piperidine rings is 1. The number of nitrogens with zero attached hydrogens (tertiary/aromatic N) is 5. The number of carbonyl (C=O) groups is 1. The second-order valence-electron chi connectivity index (χ2n) is 6.68. The first-order valence-corrected chi connectivity index (χ1v) is 8.91. The lowest BCUT2D eigenvalue weighted by atomic mass is 10.0. The molecule has 9 heteroatoms. The number of hydrogen-bond donors (Lipinski definition) is 1. The predicted octanol–water partition coefficient (Wildman–Crippen LogP) is 2.79. The third-order valence-corrected chi connectivity index (χ3v) is 5.11. The highest BCUT2D eigenvalue weighted by molar-refractivity contribution is 5.94. The minimum absolute atomic E-state index is 0. The number of carbonyl (C=O) groups excluding carboxylic acids is 1. The van der Waals surface area contributed by atoms with Gasteiger partial charge in [0.1, 0.15) is 0 Å². The summed E-state index contributed by atoms with van der Waals surface area (Å²) in [6.45, 7) is 3.76. The van der Waals surface area contributed by atoms with Gasteiger partial charge in [-0.3, -0.25) is 9.78 Å². The highest BCUT2D eigenvalue weighted by atomic mass is 35.5. The van der Waals surface area contributed by atoms with Gasteiger partial charge >= 0.3 is 0 Å². The highest BCUT2D eigenvalue weighted by Crippen LogP contribution is 2.22. The summed E-state index contributed by atoms with van der Waals surface area (Å²) in [5.74, 6) is -0.0751. The van der Waals surface area contributed by atoms with Crippen LogP contribution in [0.4, 0.5) is 0 Å². The summed E-state index contributed by atoms with van der Waals surface area (Å²) in [4.78, 5) is 19.2. The van der Waals surface area contributed by atoms with Gasteiger partial charge in [0.25, 0.3) is 5.91 Å². The number of rotatable bonds is 3. The number of fused-ring (bicyclic) bond motifs is 1. The van der Waals surface area contributed by atoms with Crippen molar-refractivity contribution in [1.29, 1.82) is 0 Å². The van der Waals surface area contributed by atoms with Crippen LogP contribution < -0.4 is 5.32 Å². The molecular weight excluding hydrogens is 399 g/mol. The molecule has 2 aromatic heterocycles. The van der Waals surface area contributed by atoms with Crippen molar-refractivity contribution in [2.24, 2.45) is 0 Å². The Kier molecular flexibility index (Phi) is 7.35. The molecule has 1 amide bonds. The monoisotopic (exact) mass is 422 g/mol. The molecule has 1 N–H and O–H groups in total. The normalized spacial score (nSPS) is 14.2. The number of benzene rings is 1. The van der Waals surface area contributed by atoms with E-state index in [4.69, 9.17) is 0 Å². The maximum absolute atomic E-state index is 12.9. The van der Waals surface area contributed by atoms with Crippen LogP contribution >= 0.6 is 24.8 Å². The van der Waals surface area contributed by atoms with E-state index < -0.39 is 0 Å². The summed E-state index contributed by atoms with van der Waals surface area (Å²) in [5, 5.41) is 12.8. The quantitative estimate of drug-likeness (QED) is 0.701. The summed E-state index contributed by atoms with van der Waals surface area (Å²) < 4.78 is 1.71. The summed E-state index contributed by atoms with van der Waals surface area (Å²) in [6, 6.07) is 10.1. The average Bonchev–Trinajstić information content (AvgIpc) is 3.08. The molecule has 1 aliphatic rings. The first-order valence-electron chi connectivity index (χ1n) is 8.91. The smallest absolute Gasteiger partial charge is 0.276 e. The fourth-order valence-corrected chi connectivity index (χ4v) is 3.54. The second kappa shape index (κ2) is 9.32. The van der Waals surface area contributed by atoms with Crippen molar-refractivity contribution in [3.63, 3.8) is 0 Å². The first-order chi connectivity index (χ1) is 12.7. The van der Waals surface area contributed by atoms with E-state index >= 15 is 0 Å². The molecule has 0 aliphatic carbocycles. The van der Waals surface area contributed by atoms with Crippen LogP contribution in [-0.4, -0.2) is 57.0 Å². The zero-order valence-electron chi connectivity index (χ0n) is 15.8. The van der Waals surface area contributed by atoms with E-state index in [0.29, 0.717) is 5.69 Å². The third-order valence-electron chi connectivity index (χ3n) is 5.11. The van der Waals surface area contributed by atoms with Crippen molar-refractivity contribution in [1.82, 2.24) is 30.2 Å². The Labute approximate surface area is 176 Å². The maximum Gasteiger partial charge on any atom is 0.276 e. The van der Waals surface area contributed by atoms with Crippen LogP contribution in [0.1, 0.15) is 29.0 Å². The molecule has 0 unspecified atom stereocenters. The van der Waals surface area contributed by atoms with E-state index in [1.165, 1.54) is 0 Å². The molecule has 1 aliphatic heterocycles. The standard InChI is InChI=1S/C19H22N6O.2ClH/c1-13-17(19(26)24(2)15-8-11-20-12-9-15)22-23-25(13)16-7-3-5-14-6-4-10-21-18(14)16;;/h3-7,10,15,20H,8-9,11-12H2,1-2H3;2*1H. The molecule has 150 valence electrons. The Hall–Kier alpha value is -2.22. The molecule has 3 heterocycles. The number of hydrogen-bond acceptors (Lipinski definition) is 5. The maximum atomic E-state index is 12.9. The van der Waals surface area contributed by atoms with Gasteiger partial charge in [-0.25, -0.2) is 4.68 Å². The van der Waals surface area contributed by atoms with Crippen LogP contribution in [0.25, 0.3) is 16.6 Å². The zero-order chi connectivity index (χ0) is 18.1. The lowest BCUT2D eigenvalue weighted by Crippen LogP contribution is -2.44. The van der Waals surface area contributed by atoms with Crippen molar-refractivity contribution < 1.29 is 4.79 Å². The Morgan fingerprint density at radius 1 is 1.18 bits per heavy atom. The van der Waals surface area contributed by atoms with Crippen molar-refractivity contribution in [2.45, 2.75) is 25.8 Å². The molecule has 1 saturated heterocycles. The van der Waals surface area contributed by atoms with Crippen molar-refractivity contribution in [2.75, 3.05) is 20.1 Å². The fraction of sp³-hybridized carbons (Fsp3) is 0.368. The summed E-state index contributed by atoms with van der Waals surface area (Å²) in [7, 11) is 1.86. The number of halogens is 2. The van der Waals surface area contributed by atoms with Gasteiger partial charge in [0.2, 0.25) is 0 Å². The minimum atomic E-state index is -0.0751. The van der Waals surface area contributed by atoms with E-state index in [9.17, 15) is 4.79 Å². The fourth-order valence-electron chi connectivity index (χ4n) is 3.54. The molecule has 0 spiro atoms. The molecule has 4 rings (SSSR count). The molecule has 1 fully saturated rings. The molecule has 0 atom stereocenters. The van der Waals surface area contributed by atoms with Gasteiger partial charge in [-0.1, -0.05) is 23.4 Å². The van der Waals surface area contributed by atoms with Crippen LogP contribution in [0, 0.1) is 6.92 Å². The SMILES string of the molecule is Cc1c(C(=O)N(C)C2CCNCC2)nnn1-c1cccc2cccnc12.Cl.Cl. The largest absolute Gasteiger partial charge is 0.337 e. The number of amides is 1. The van der Waals surface area contributed by atoms with Crippen molar-refractivity contribution in [3.8, 4) is 5.69 Å². The molecular formula is C19H24Cl2N6O. The van der Waals surface area contributed by atoms with Gasteiger partial charge in [0, 0.05) is 24.7 Å². The van der Waals surface area contributed by atoms with Crippen LogP contribution in [0.5, 0.6) is 0 Å². The van der Waals surface area contributed by atoms with E-state index in [-0.39, 0.29) is 36.8 Å². The van der Waals surface area contributed by atoms with E-state index in [1.807, 2.05) is 49.2 Å². The topological polar surface area (TPSA) is 75.9 Å². The van der Waals surface area contributed by atoms with E-state index in [1.54, 1.807) is 10.9 Å². The number of pyridine rings is 1. The van der Waals surface area contributed by atoms with Crippen molar-refractivity contribution >= 4 is 41.6 Å². The van der Waals surface area contributed by atoms with Gasteiger partial charge in [0.05, 0.1) is 16.9 Å². The molecule has 7 nitrogen and oxygen atoms in total. The Balaban J connectivity index is 0.00000140. The van der Waals surface area contributed by atoms with Crippen LogP contribution in [0.3, 0.4) is 0 Å². The molecule has 1 aromatic carbocycles. The van der Waals surface area contributed by atoms with Gasteiger partial charge in [-0.2, -0.15) is 0 Å². The van der Waals surface area contributed by atoms with Crippen molar-refractivity contribution in [3.05, 3.63) is 47.9 Å². The molecule has 28 heavy (non-hydrogen) atoms. The van der Waals surface area contributed by atoms with Gasteiger partial charge in [-0.05, 0) is 45.0 Å².